The van der Waals surface area contributed by atoms with Crippen LogP contribution in [0.15, 0.2) is 0 Å². The van der Waals surface area contributed by atoms with Crippen molar-refractivity contribution in [2.45, 2.75) is 39.7 Å². The van der Waals surface area contributed by atoms with E-state index in [2.05, 4.69) is 32.6 Å². The molecule has 0 saturated heterocycles. The molecule has 0 fully saturated rings. The van der Waals surface area contributed by atoms with Crippen molar-refractivity contribution in [2.24, 2.45) is 5.73 Å². The third kappa shape index (κ3) is 8.48. The molecular formula is C11H26N2O. The van der Waals surface area contributed by atoms with Gasteiger partial charge in [0.15, 0.2) is 0 Å². The van der Waals surface area contributed by atoms with Crippen LogP contribution in [0, 0.1) is 0 Å². The fourth-order valence-corrected chi connectivity index (χ4v) is 1.32. The fraction of sp³-hybridized carbons (Fsp3) is 1.00. The summed E-state index contributed by atoms with van der Waals surface area (Å²) in [5.41, 5.74) is 5.51. The smallest absolute Gasteiger partial charge is 0.0600 e. The standard InChI is InChI=1S/C11H26N2O/c1-5-7-13(8-6-12)9-10-14-11(2,3)4/h5-10,12H2,1-4H3. The van der Waals surface area contributed by atoms with Gasteiger partial charge in [-0.15, -0.1) is 0 Å². The van der Waals surface area contributed by atoms with Crippen LogP contribution < -0.4 is 5.73 Å². The van der Waals surface area contributed by atoms with Gasteiger partial charge in [0.05, 0.1) is 12.2 Å². The Bertz CT molecular complexity index is 126. The van der Waals surface area contributed by atoms with Crippen molar-refractivity contribution in [1.82, 2.24) is 4.90 Å². The molecule has 0 aromatic heterocycles. The zero-order valence-electron chi connectivity index (χ0n) is 10.2. The molecule has 0 atom stereocenters. The Labute approximate surface area is 88.6 Å². The van der Waals surface area contributed by atoms with Crippen molar-refractivity contribution in [2.75, 3.05) is 32.8 Å². The number of rotatable bonds is 7. The SMILES string of the molecule is CCCN(CCN)CCOC(C)(C)C. The van der Waals surface area contributed by atoms with E-state index in [0.29, 0.717) is 0 Å². The van der Waals surface area contributed by atoms with Gasteiger partial charge in [-0.25, -0.2) is 0 Å². The second-order valence-electron chi connectivity index (χ2n) is 4.59. The van der Waals surface area contributed by atoms with Gasteiger partial charge in [-0.3, -0.25) is 4.90 Å². The Morgan fingerprint density at radius 2 is 1.79 bits per heavy atom. The number of nitrogens with zero attached hydrogens (tertiary/aromatic N) is 1. The summed E-state index contributed by atoms with van der Waals surface area (Å²) in [5, 5.41) is 0. The lowest BCUT2D eigenvalue weighted by Gasteiger charge is -2.24. The maximum Gasteiger partial charge on any atom is 0.0600 e. The molecule has 2 N–H and O–H groups in total. The molecule has 86 valence electrons. The van der Waals surface area contributed by atoms with Gasteiger partial charge in [-0.1, -0.05) is 6.92 Å². The van der Waals surface area contributed by atoms with Gasteiger partial charge >= 0.3 is 0 Å². The average Bonchev–Trinajstić information content (AvgIpc) is 2.02. The summed E-state index contributed by atoms with van der Waals surface area (Å²) < 4.78 is 5.67. The highest BCUT2D eigenvalue weighted by Crippen LogP contribution is 2.06. The van der Waals surface area contributed by atoms with Gasteiger partial charge in [-0.2, -0.15) is 0 Å². The monoisotopic (exact) mass is 202 g/mol. The maximum absolute atomic E-state index is 5.67. The minimum atomic E-state index is -0.0272. The van der Waals surface area contributed by atoms with Crippen LogP contribution in [0.5, 0.6) is 0 Å². The first kappa shape index (κ1) is 13.9. The summed E-state index contributed by atoms with van der Waals surface area (Å²) >= 11 is 0. The van der Waals surface area contributed by atoms with Gasteiger partial charge in [0.25, 0.3) is 0 Å². The van der Waals surface area contributed by atoms with Crippen LogP contribution in [0.2, 0.25) is 0 Å². The summed E-state index contributed by atoms with van der Waals surface area (Å²) in [4.78, 5) is 2.35. The van der Waals surface area contributed by atoms with Crippen LogP contribution >= 0.6 is 0 Å². The largest absolute Gasteiger partial charge is 0.375 e. The van der Waals surface area contributed by atoms with Crippen LogP contribution in [0.1, 0.15) is 34.1 Å². The molecule has 0 amide bonds. The number of nitrogens with two attached hydrogens (primary N) is 1. The second-order valence-corrected chi connectivity index (χ2v) is 4.59. The summed E-state index contributed by atoms with van der Waals surface area (Å²) in [5.74, 6) is 0. The average molecular weight is 202 g/mol. The molecule has 0 unspecified atom stereocenters. The molecule has 0 radical (unpaired) electrons. The molecule has 0 aromatic rings. The number of ether oxygens (including phenoxy) is 1. The minimum absolute atomic E-state index is 0.0272. The molecule has 0 aliphatic carbocycles. The van der Waals surface area contributed by atoms with E-state index in [4.69, 9.17) is 10.5 Å². The quantitative estimate of drug-likeness (QED) is 0.679. The predicted octanol–water partition coefficient (Wildman–Crippen LogP) is 1.47. The highest BCUT2D eigenvalue weighted by atomic mass is 16.5. The minimum Gasteiger partial charge on any atom is -0.375 e. The first-order valence-electron chi connectivity index (χ1n) is 5.56. The van der Waals surface area contributed by atoms with Crippen LogP contribution in [0.3, 0.4) is 0 Å². The Balaban J connectivity index is 3.60. The van der Waals surface area contributed by atoms with E-state index < -0.39 is 0 Å². The van der Waals surface area contributed by atoms with Gasteiger partial charge < -0.3 is 10.5 Å². The summed E-state index contributed by atoms with van der Waals surface area (Å²) in [7, 11) is 0. The van der Waals surface area contributed by atoms with Crippen LogP contribution in [0.4, 0.5) is 0 Å². The Kier molecular flexibility index (Phi) is 7.15. The summed E-state index contributed by atoms with van der Waals surface area (Å²) in [6.45, 7) is 13.0. The summed E-state index contributed by atoms with van der Waals surface area (Å²) in [6, 6.07) is 0. The fourth-order valence-electron chi connectivity index (χ4n) is 1.32. The second kappa shape index (κ2) is 7.21. The molecule has 0 saturated carbocycles. The van der Waals surface area contributed by atoms with Crippen molar-refractivity contribution in [3.05, 3.63) is 0 Å². The third-order valence-electron chi connectivity index (χ3n) is 1.93. The lowest BCUT2D eigenvalue weighted by Crippen LogP contribution is -2.34. The van der Waals surface area contributed by atoms with Gasteiger partial charge in [0, 0.05) is 19.6 Å². The molecule has 14 heavy (non-hydrogen) atoms. The molecular weight excluding hydrogens is 176 g/mol. The predicted molar refractivity (Wildman–Crippen MR) is 61.5 cm³/mol. The highest BCUT2D eigenvalue weighted by molar-refractivity contribution is 4.61. The lowest BCUT2D eigenvalue weighted by atomic mass is 10.2. The van der Waals surface area contributed by atoms with Crippen LogP contribution in [0.25, 0.3) is 0 Å². The zero-order chi connectivity index (χ0) is 11.0. The molecule has 0 bridgehead atoms. The van der Waals surface area contributed by atoms with E-state index in [1.165, 1.54) is 6.42 Å². The first-order valence-corrected chi connectivity index (χ1v) is 5.56. The molecule has 0 rings (SSSR count). The summed E-state index contributed by atoms with van der Waals surface area (Å²) in [6.07, 6.45) is 1.18. The zero-order valence-corrected chi connectivity index (χ0v) is 10.2. The van der Waals surface area contributed by atoms with E-state index in [0.717, 1.165) is 32.8 Å². The van der Waals surface area contributed by atoms with E-state index >= 15 is 0 Å². The van der Waals surface area contributed by atoms with Crippen molar-refractivity contribution < 1.29 is 4.74 Å². The first-order chi connectivity index (χ1) is 6.49. The highest BCUT2D eigenvalue weighted by Gasteiger charge is 2.10. The Morgan fingerprint density at radius 3 is 2.21 bits per heavy atom. The van der Waals surface area contributed by atoms with Crippen molar-refractivity contribution in [1.29, 1.82) is 0 Å². The van der Waals surface area contributed by atoms with Crippen LogP contribution in [-0.2, 0) is 4.74 Å². The van der Waals surface area contributed by atoms with Crippen molar-refractivity contribution >= 4 is 0 Å². The van der Waals surface area contributed by atoms with E-state index in [-0.39, 0.29) is 5.60 Å². The lowest BCUT2D eigenvalue weighted by molar-refractivity contribution is -0.0127. The van der Waals surface area contributed by atoms with Gasteiger partial charge in [0.2, 0.25) is 0 Å². The van der Waals surface area contributed by atoms with Gasteiger partial charge in [-0.05, 0) is 33.7 Å². The normalized spacial score (nSPS) is 12.4. The molecule has 0 heterocycles. The molecule has 0 spiro atoms. The molecule has 0 aliphatic rings. The molecule has 0 aromatic carbocycles. The molecule has 3 nitrogen and oxygen atoms in total. The molecule has 3 heteroatoms. The topological polar surface area (TPSA) is 38.5 Å². The molecule has 0 aliphatic heterocycles. The van der Waals surface area contributed by atoms with Gasteiger partial charge in [0.1, 0.15) is 0 Å². The van der Waals surface area contributed by atoms with E-state index in [1.54, 1.807) is 0 Å². The Morgan fingerprint density at radius 1 is 1.14 bits per heavy atom. The van der Waals surface area contributed by atoms with Crippen molar-refractivity contribution in [3.63, 3.8) is 0 Å². The van der Waals surface area contributed by atoms with Crippen molar-refractivity contribution in [3.8, 4) is 0 Å². The number of hydrogen-bond acceptors (Lipinski definition) is 3. The maximum atomic E-state index is 5.67. The van der Waals surface area contributed by atoms with Crippen LogP contribution in [-0.4, -0.2) is 43.3 Å². The van der Waals surface area contributed by atoms with E-state index in [1.807, 2.05) is 0 Å². The third-order valence-corrected chi connectivity index (χ3v) is 1.93. The van der Waals surface area contributed by atoms with E-state index in [9.17, 15) is 0 Å². The number of hydrogen-bond donors (Lipinski definition) is 1. The Hall–Kier alpha value is -0.120.